The van der Waals surface area contributed by atoms with Crippen LogP contribution in [0.15, 0.2) is 23.6 Å². The Balaban J connectivity index is 1.60. The summed E-state index contributed by atoms with van der Waals surface area (Å²) in [4.78, 5) is 3.89. The van der Waals surface area contributed by atoms with E-state index in [1.165, 1.54) is 10.4 Å². The van der Waals surface area contributed by atoms with Gasteiger partial charge in [-0.15, -0.1) is 11.3 Å². The van der Waals surface area contributed by atoms with Crippen molar-refractivity contribution in [1.29, 1.82) is 0 Å². The molecule has 0 fully saturated rings. The van der Waals surface area contributed by atoms with E-state index in [0.717, 1.165) is 30.8 Å². The van der Waals surface area contributed by atoms with Crippen LogP contribution in [-0.4, -0.2) is 23.3 Å². The molecule has 21 heavy (non-hydrogen) atoms. The molecule has 4 nitrogen and oxygen atoms in total. The highest BCUT2D eigenvalue weighted by Crippen LogP contribution is 2.40. The van der Waals surface area contributed by atoms with Gasteiger partial charge in [-0.1, -0.05) is 0 Å². The lowest BCUT2D eigenvalue weighted by atomic mass is 10.0. The minimum Gasteiger partial charge on any atom is -0.507 e. The Labute approximate surface area is 127 Å². The van der Waals surface area contributed by atoms with Gasteiger partial charge in [0, 0.05) is 35.6 Å². The Bertz CT molecular complexity index is 682. The molecule has 2 aliphatic heterocycles. The quantitative estimate of drug-likeness (QED) is 0.924. The number of nitrogens with zero attached hydrogens (tertiary/aromatic N) is 1. The van der Waals surface area contributed by atoms with Crippen LogP contribution < -0.4 is 9.47 Å². The summed E-state index contributed by atoms with van der Waals surface area (Å²) >= 11 is 1.84. The summed E-state index contributed by atoms with van der Waals surface area (Å²) < 4.78 is 10.7. The zero-order valence-corrected chi connectivity index (χ0v) is 12.7. The van der Waals surface area contributed by atoms with Gasteiger partial charge in [-0.2, -0.15) is 0 Å². The number of rotatable bonds is 2. The molecule has 0 aliphatic carbocycles. The second kappa shape index (κ2) is 4.93. The number of ether oxygens (including phenoxy) is 2. The van der Waals surface area contributed by atoms with Gasteiger partial charge < -0.3 is 14.6 Å². The Kier molecular flexibility index (Phi) is 3.05. The standard InChI is InChI=1S/C16H17NO3S/c1-10-12-3-5-21-16(12)2-4-17(10)8-11-6-14-15(7-13(11)18)20-9-19-14/h3,5-7,10,18H,2,4,8-9H2,1H3. The first kappa shape index (κ1) is 13.0. The Morgan fingerprint density at radius 3 is 3.00 bits per heavy atom. The zero-order chi connectivity index (χ0) is 14.4. The van der Waals surface area contributed by atoms with Crippen molar-refractivity contribution < 1.29 is 14.6 Å². The first-order valence-electron chi connectivity index (χ1n) is 7.14. The lowest BCUT2D eigenvalue weighted by molar-refractivity contribution is 0.173. The third kappa shape index (κ3) is 2.17. The molecule has 0 amide bonds. The van der Waals surface area contributed by atoms with Crippen molar-refractivity contribution in [3.63, 3.8) is 0 Å². The van der Waals surface area contributed by atoms with Crippen LogP contribution in [0.2, 0.25) is 0 Å². The molecule has 1 unspecified atom stereocenters. The number of fused-ring (bicyclic) bond motifs is 2. The summed E-state index contributed by atoms with van der Waals surface area (Å²) in [5.74, 6) is 1.63. The molecule has 0 spiro atoms. The molecule has 0 radical (unpaired) electrons. The Morgan fingerprint density at radius 2 is 2.14 bits per heavy atom. The fourth-order valence-corrected chi connectivity index (χ4v) is 4.06. The van der Waals surface area contributed by atoms with Crippen LogP contribution in [0.4, 0.5) is 0 Å². The summed E-state index contributed by atoms with van der Waals surface area (Å²) in [6.45, 7) is 4.20. The molecule has 5 heteroatoms. The van der Waals surface area contributed by atoms with Crippen LogP contribution in [0, 0.1) is 0 Å². The van der Waals surface area contributed by atoms with Crippen LogP contribution >= 0.6 is 11.3 Å². The van der Waals surface area contributed by atoms with Gasteiger partial charge in [0.05, 0.1) is 0 Å². The molecule has 2 aromatic rings. The highest BCUT2D eigenvalue weighted by Gasteiger charge is 2.26. The van der Waals surface area contributed by atoms with Gasteiger partial charge >= 0.3 is 0 Å². The zero-order valence-electron chi connectivity index (χ0n) is 11.8. The lowest BCUT2D eigenvalue weighted by Gasteiger charge is -2.33. The summed E-state index contributed by atoms with van der Waals surface area (Å²) in [6, 6.07) is 6.15. The highest BCUT2D eigenvalue weighted by atomic mass is 32.1. The van der Waals surface area contributed by atoms with Crippen LogP contribution in [-0.2, 0) is 13.0 Å². The van der Waals surface area contributed by atoms with Crippen molar-refractivity contribution in [2.75, 3.05) is 13.3 Å². The maximum atomic E-state index is 10.2. The van der Waals surface area contributed by atoms with Gasteiger partial charge in [-0.25, -0.2) is 0 Å². The lowest BCUT2D eigenvalue weighted by Crippen LogP contribution is -2.32. The van der Waals surface area contributed by atoms with Gasteiger partial charge in [-0.3, -0.25) is 4.90 Å². The molecule has 1 atom stereocenters. The van der Waals surface area contributed by atoms with E-state index in [1.54, 1.807) is 6.07 Å². The SMILES string of the molecule is CC1c2ccsc2CCN1Cc1cc2c(cc1O)OCO2. The van der Waals surface area contributed by atoms with Crippen molar-refractivity contribution in [3.8, 4) is 17.2 Å². The van der Waals surface area contributed by atoms with E-state index in [-0.39, 0.29) is 12.5 Å². The normalized spacial score (nSPS) is 20.5. The Hall–Kier alpha value is -1.72. The van der Waals surface area contributed by atoms with Crippen molar-refractivity contribution in [2.45, 2.75) is 25.9 Å². The van der Waals surface area contributed by atoms with Gasteiger partial charge in [0.15, 0.2) is 11.5 Å². The molecule has 0 saturated heterocycles. The molecule has 0 saturated carbocycles. The molecule has 110 valence electrons. The average Bonchev–Trinajstić information content (AvgIpc) is 3.10. The van der Waals surface area contributed by atoms with E-state index in [0.29, 0.717) is 11.8 Å². The molecule has 0 bridgehead atoms. The highest BCUT2D eigenvalue weighted by molar-refractivity contribution is 7.10. The summed E-state index contributed by atoms with van der Waals surface area (Å²) in [5, 5.41) is 12.4. The number of hydrogen-bond donors (Lipinski definition) is 1. The van der Waals surface area contributed by atoms with Gasteiger partial charge in [0.2, 0.25) is 6.79 Å². The van der Waals surface area contributed by atoms with E-state index in [2.05, 4.69) is 23.3 Å². The summed E-state index contributed by atoms with van der Waals surface area (Å²) in [5.41, 5.74) is 2.32. The minimum atomic E-state index is 0.233. The third-order valence-electron chi connectivity index (χ3n) is 4.35. The first-order chi connectivity index (χ1) is 10.2. The van der Waals surface area contributed by atoms with E-state index >= 15 is 0 Å². The fraction of sp³-hybridized carbons (Fsp3) is 0.375. The largest absolute Gasteiger partial charge is 0.507 e. The monoisotopic (exact) mass is 303 g/mol. The molecular weight excluding hydrogens is 286 g/mol. The van der Waals surface area contributed by atoms with E-state index < -0.39 is 0 Å². The first-order valence-corrected chi connectivity index (χ1v) is 8.02. The van der Waals surface area contributed by atoms with Gasteiger partial charge in [0.1, 0.15) is 5.75 Å². The van der Waals surface area contributed by atoms with Crippen molar-refractivity contribution >= 4 is 11.3 Å². The molecule has 1 N–H and O–H groups in total. The topological polar surface area (TPSA) is 41.9 Å². The summed E-state index contributed by atoms with van der Waals surface area (Å²) in [7, 11) is 0. The van der Waals surface area contributed by atoms with Crippen molar-refractivity contribution in [1.82, 2.24) is 4.90 Å². The molecule has 2 aliphatic rings. The fourth-order valence-electron chi connectivity index (χ4n) is 3.10. The van der Waals surface area contributed by atoms with Gasteiger partial charge in [-0.05, 0) is 36.4 Å². The number of aromatic hydroxyl groups is 1. The van der Waals surface area contributed by atoms with E-state index in [1.807, 2.05) is 17.4 Å². The average molecular weight is 303 g/mol. The number of phenols is 1. The van der Waals surface area contributed by atoms with Crippen molar-refractivity contribution in [2.24, 2.45) is 0 Å². The van der Waals surface area contributed by atoms with E-state index in [9.17, 15) is 5.11 Å². The van der Waals surface area contributed by atoms with Crippen LogP contribution in [0.1, 0.15) is 29.0 Å². The second-order valence-corrected chi connectivity index (χ2v) is 6.53. The van der Waals surface area contributed by atoms with Gasteiger partial charge in [0.25, 0.3) is 0 Å². The molecule has 4 rings (SSSR count). The molecule has 1 aromatic carbocycles. The predicted octanol–water partition coefficient (Wildman–Crippen LogP) is 3.30. The summed E-state index contributed by atoms with van der Waals surface area (Å²) in [6.07, 6.45) is 1.09. The van der Waals surface area contributed by atoms with Crippen LogP contribution in [0.25, 0.3) is 0 Å². The van der Waals surface area contributed by atoms with Crippen LogP contribution in [0.3, 0.4) is 0 Å². The second-order valence-electron chi connectivity index (χ2n) is 5.53. The molecular formula is C16H17NO3S. The smallest absolute Gasteiger partial charge is 0.231 e. The number of benzene rings is 1. The minimum absolute atomic E-state index is 0.233. The molecule has 1 aromatic heterocycles. The maximum absolute atomic E-state index is 10.2. The number of thiophene rings is 1. The number of phenolic OH excluding ortho intramolecular Hbond substituents is 1. The number of hydrogen-bond acceptors (Lipinski definition) is 5. The van der Waals surface area contributed by atoms with Crippen molar-refractivity contribution in [3.05, 3.63) is 39.6 Å². The Morgan fingerprint density at radius 1 is 1.33 bits per heavy atom. The van der Waals surface area contributed by atoms with Crippen LogP contribution in [0.5, 0.6) is 17.2 Å². The molecule has 3 heterocycles. The van der Waals surface area contributed by atoms with E-state index in [4.69, 9.17) is 9.47 Å². The predicted molar refractivity (Wildman–Crippen MR) is 81.1 cm³/mol. The maximum Gasteiger partial charge on any atom is 0.231 e. The third-order valence-corrected chi connectivity index (χ3v) is 5.35.